The summed E-state index contributed by atoms with van der Waals surface area (Å²) in [6.45, 7) is 2.79. The van der Waals surface area contributed by atoms with E-state index in [0.29, 0.717) is 19.5 Å². The summed E-state index contributed by atoms with van der Waals surface area (Å²) in [5, 5.41) is 9.60. The number of aliphatic hydroxyl groups excluding tert-OH is 1. The molecule has 1 aliphatic heterocycles. The predicted molar refractivity (Wildman–Crippen MR) is 78.7 cm³/mol. The molecular formula is C17H20F3NO2. The molecule has 1 aromatic carbocycles. The maximum Gasteiger partial charge on any atom is 0.416 e. The van der Waals surface area contributed by atoms with Crippen molar-refractivity contribution in [3.8, 4) is 0 Å². The zero-order valence-electron chi connectivity index (χ0n) is 12.9. The van der Waals surface area contributed by atoms with Gasteiger partial charge in [0.15, 0.2) is 0 Å². The molecule has 1 N–H and O–H groups in total. The van der Waals surface area contributed by atoms with E-state index in [1.165, 1.54) is 12.1 Å². The first-order valence-electron chi connectivity index (χ1n) is 7.92. The highest BCUT2D eigenvalue weighted by atomic mass is 19.4. The maximum absolute atomic E-state index is 13.1. The van der Waals surface area contributed by atoms with Crippen LogP contribution in [0.5, 0.6) is 0 Å². The van der Waals surface area contributed by atoms with Gasteiger partial charge in [-0.25, -0.2) is 0 Å². The van der Waals surface area contributed by atoms with E-state index in [1.807, 2.05) is 0 Å². The molecule has 1 heterocycles. The van der Waals surface area contributed by atoms with Gasteiger partial charge in [0.05, 0.1) is 11.7 Å². The Balaban J connectivity index is 1.70. The van der Waals surface area contributed by atoms with Gasteiger partial charge in [-0.1, -0.05) is 18.2 Å². The lowest BCUT2D eigenvalue weighted by molar-refractivity contribution is -0.138. The second-order valence-electron chi connectivity index (χ2n) is 6.61. The lowest BCUT2D eigenvalue weighted by Gasteiger charge is -2.18. The number of nitrogens with zero attached hydrogens (tertiary/aromatic N) is 1. The Hall–Kier alpha value is -1.56. The van der Waals surface area contributed by atoms with E-state index in [4.69, 9.17) is 0 Å². The van der Waals surface area contributed by atoms with Crippen molar-refractivity contribution in [2.24, 2.45) is 11.8 Å². The van der Waals surface area contributed by atoms with Crippen molar-refractivity contribution in [2.75, 3.05) is 13.1 Å². The van der Waals surface area contributed by atoms with Crippen molar-refractivity contribution in [1.82, 2.24) is 4.90 Å². The van der Waals surface area contributed by atoms with E-state index < -0.39 is 17.8 Å². The summed E-state index contributed by atoms with van der Waals surface area (Å²) < 4.78 is 39.2. The van der Waals surface area contributed by atoms with Gasteiger partial charge in [-0.05, 0) is 37.3 Å². The molecule has 0 bridgehead atoms. The fraction of sp³-hybridized carbons (Fsp3) is 0.588. The van der Waals surface area contributed by atoms with Crippen LogP contribution >= 0.6 is 0 Å². The fourth-order valence-electron chi connectivity index (χ4n) is 3.51. The highest BCUT2D eigenvalue weighted by molar-refractivity contribution is 5.83. The largest absolute Gasteiger partial charge is 0.416 e. The second-order valence-corrected chi connectivity index (χ2v) is 6.61. The van der Waals surface area contributed by atoms with Gasteiger partial charge >= 0.3 is 6.18 Å². The molecule has 2 fully saturated rings. The van der Waals surface area contributed by atoms with Crippen molar-refractivity contribution in [1.29, 1.82) is 0 Å². The van der Waals surface area contributed by atoms with Crippen LogP contribution in [0.3, 0.4) is 0 Å². The average Bonchev–Trinajstić information content (AvgIpc) is 3.12. The Morgan fingerprint density at radius 1 is 1.35 bits per heavy atom. The average molecular weight is 327 g/mol. The second kappa shape index (κ2) is 5.82. The molecule has 4 atom stereocenters. The first-order valence-corrected chi connectivity index (χ1v) is 7.92. The summed E-state index contributed by atoms with van der Waals surface area (Å²) in [6.07, 6.45) is -3.63. The lowest BCUT2D eigenvalue weighted by atomic mass is 10.0. The fourth-order valence-corrected chi connectivity index (χ4v) is 3.51. The lowest BCUT2D eigenvalue weighted by Crippen LogP contribution is -2.32. The molecule has 3 nitrogen and oxygen atoms in total. The van der Waals surface area contributed by atoms with E-state index in [-0.39, 0.29) is 29.2 Å². The SMILES string of the molecule is CC(O)C1CCN(C(=O)C2CC2c2ccccc2C(F)(F)F)C1. The van der Waals surface area contributed by atoms with Gasteiger partial charge in [0, 0.05) is 24.9 Å². The van der Waals surface area contributed by atoms with Gasteiger partial charge < -0.3 is 10.0 Å². The van der Waals surface area contributed by atoms with Crippen molar-refractivity contribution in [2.45, 2.75) is 38.0 Å². The molecule has 1 saturated heterocycles. The molecule has 0 aromatic heterocycles. The third-order valence-corrected chi connectivity index (χ3v) is 4.99. The van der Waals surface area contributed by atoms with Crippen LogP contribution in [0.1, 0.15) is 36.8 Å². The van der Waals surface area contributed by atoms with Crippen LogP contribution in [-0.2, 0) is 11.0 Å². The van der Waals surface area contributed by atoms with Crippen LogP contribution in [0, 0.1) is 11.8 Å². The summed E-state index contributed by atoms with van der Waals surface area (Å²) in [7, 11) is 0. The minimum absolute atomic E-state index is 0.0682. The molecule has 6 heteroatoms. The predicted octanol–water partition coefficient (Wildman–Crippen LogP) is 3.04. The summed E-state index contributed by atoms with van der Waals surface area (Å²) in [6, 6.07) is 5.51. The van der Waals surface area contributed by atoms with E-state index in [9.17, 15) is 23.1 Å². The van der Waals surface area contributed by atoms with Gasteiger partial charge in [0.25, 0.3) is 0 Å². The van der Waals surface area contributed by atoms with Gasteiger partial charge in [0.1, 0.15) is 0 Å². The van der Waals surface area contributed by atoms with E-state index in [2.05, 4.69) is 0 Å². The Morgan fingerprint density at radius 3 is 2.65 bits per heavy atom. The molecule has 1 amide bonds. The van der Waals surface area contributed by atoms with Crippen molar-refractivity contribution in [3.05, 3.63) is 35.4 Å². The van der Waals surface area contributed by atoms with Crippen LogP contribution in [-0.4, -0.2) is 35.1 Å². The Morgan fingerprint density at radius 2 is 2.04 bits per heavy atom. The summed E-state index contributed by atoms with van der Waals surface area (Å²) in [4.78, 5) is 14.2. The minimum atomic E-state index is -4.39. The summed E-state index contributed by atoms with van der Waals surface area (Å²) >= 11 is 0. The number of hydrogen-bond donors (Lipinski definition) is 1. The topological polar surface area (TPSA) is 40.5 Å². The van der Waals surface area contributed by atoms with E-state index in [1.54, 1.807) is 17.9 Å². The number of alkyl halides is 3. The number of aliphatic hydroxyl groups is 1. The van der Waals surface area contributed by atoms with Gasteiger partial charge in [-0.2, -0.15) is 13.2 Å². The third-order valence-electron chi connectivity index (χ3n) is 4.99. The molecule has 126 valence electrons. The van der Waals surface area contributed by atoms with E-state index in [0.717, 1.165) is 12.5 Å². The normalized spacial score (nSPS) is 28.7. The number of benzene rings is 1. The molecule has 1 aliphatic carbocycles. The number of likely N-dealkylation sites (tertiary alicyclic amines) is 1. The number of carbonyl (C=O) groups excluding carboxylic acids is 1. The Bertz CT molecular complexity index is 600. The summed E-state index contributed by atoms with van der Waals surface area (Å²) in [5.41, 5.74) is -0.409. The zero-order valence-corrected chi connectivity index (χ0v) is 12.9. The molecular weight excluding hydrogens is 307 g/mol. The number of amides is 1. The van der Waals surface area contributed by atoms with Crippen molar-refractivity contribution in [3.63, 3.8) is 0 Å². The number of rotatable bonds is 3. The molecule has 23 heavy (non-hydrogen) atoms. The highest BCUT2D eigenvalue weighted by Gasteiger charge is 2.49. The van der Waals surface area contributed by atoms with Crippen LogP contribution in [0.4, 0.5) is 13.2 Å². The summed E-state index contributed by atoms with van der Waals surface area (Å²) in [5.74, 6) is -0.703. The molecule has 1 saturated carbocycles. The van der Waals surface area contributed by atoms with E-state index >= 15 is 0 Å². The van der Waals surface area contributed by atoms with Gasteiger partial charge in [-0.15, -0.1) is 0 Å². The molecule has 1 aromatic rings. The first-order chi connectivity index (χ1) is 10.8. The maximum atomic E-state index is 13.1. The molecule has 0 radical (unpaired) electrons. The van der Waals surface area contributed by atoms with Crippen LogP contribution in [0.15, 0.2) is 24.3 Å². The van der Waals surface area contributed by atoms with Gasteiger partial charge in [-0.3, -0.25) is 4.79 Å². The number of halogens is 3. The Kier molecular flexibility index (Phi) is 4.12. The van der Waals surface area contributed by atoms with Crippen LogP contribution in [0.2, 0.25) is 0 Å². The smallest absolute Gasteiger partial charge is 0.393 e. The van der Waals surface area contributed by atoms with Crippen molar-refractivity contribution < 1.29 is 23.1 Å². The third kappa shape index (κ3) is 3.22. The first kappa shape index (κ1) is 16.3. The highest BCUT2D eigenvalue weighted by Crippen LogP contribution is 2.52. The molecule has 3 rings (SSSR count). The van der Waals surface area contributed by atoms with Gasteiger partial charge in [0.2, 0.25) is 5.91 Å². The molecule has 4 unspecified atom stereocenters. The number of carbonyl (C=O) groups is 1. The van der Waals surface area contributed by atoms with Crippen LogP contribution in [0.25, 0.3) is 0 Å². The van der Waals surface area contributed by atoms with Crippen LogP contribution < -0.4 is 0 Å². The quantitative estimate of drug-likeness (QED) is 0.927. The minimum Gasteiger partial charge on any atom is -0.393 e. The molecule has 0 spiro atoms. The molecule has 2 aliphatic rings. The standard InChI is InChI=1S/C17H20F3NO2/c1-10(22)11-6-7-21(9-11)16(23)14-8-13(14)12-4-2-3-5-15(12)17(18,19)20/h2-5,10-11,13-14,22H,6-9H2,1H3. The monoisotopic (exact) mass is 327 g/mol. The van der Waals surface area contributed by atoms with Crippen molar-refractivity contribution >= 4 is 5.91 Å². The number of hydrogen-bond acceptors (Lipinski definition) is 2. The zero-order chi connectivity index (χ0) is 16.8. The Labute approximate surface area is 133 Å².